The van der Waals surface area contributed by atoms with E-state index in [0.29, 0.717) is 17.1 Å². The van der Waals surface area contributed by atoms with Gasteiger partial charge in [0, 0.05) is 27.7 Å². The van der Waals surface area contributed by atoms with Crippen molar-refractivity contribution in [3.05, 3.63) is 20.8 Å². The first kappa shape index (κ1) is 12.4. The third-order valence-electron chi connectivity index (χ3n) is 3.00. The van der Waals surface area contributed by atoms with Crippen LogP contribution in [0.5, 0.6) is 0 Å². The van der Waals surface area contributed by atoms with Crippen LogP contribution < -0.4 is 16.1 Å². The molecule has 0 atom stereocenters. The maximum atomic E-state index is 12.0. The number of nitrogens with zero attached hydrogens (tertiary/aromatic N) is 4. The van der Waals surface area contributed by atoms with Gasteiger partial charge in [-0.1, -0.05) is 6.92 Å². The molecular formula is C11H17N5O2. The van der Waals surface area contributed by atoms with Crippen LogP contribution in [0.15, 0.2) is 9.59 Å². The van der Waals surface area contributed by atoms with Crippen molar-refractivity contribution in [3.63, 3.8) is 0 Å². The zero-order chi connectivity index (χ0) is 13.4. The Hall–Kier alpha value is -2.05. The lowest BCUT2D eigenvalue weighted by molar-refractivity contribution is 0.708. The van der Waals surface area contributed by atoms with Crippen molar-refractivity contribution in [3.8, 4) is 0 Å². The zero-order valence-corrected chi connectivity index (χ0v) is 11.0. The van der Waals surface area contributed by atoms with E-state index in [1.54, 1.807) is 7.05 Å². The van der Waals surface area contributed by atoms with E-state index in [-0.39, 0.29) is 11.2 Å². The topological polar surface area (TPSA) is 75.9 Å². The molecule has 7 nitrogen and oxygen atoms in total. The number of aryl methyl sites for hydroxylation is 1. The van der Waals surface area contributed by atoms with Crippen LogP contribution in [0, 0.1) is 0 Å². The quantitative estimate of drug-likeness (QED) is 0.820. The number of hydrogen-bond acceptors (Lipinski definition) is 4. The van der Waals surface area contributed by atoms with Gasteiger partial charge in [-0.05, 0) is 6.42 Å². The first-order valence-electron chi connectivity index (χ1n) is 5.84. The van der Waals surface area contributed by atoms with Crippen LogP contribution in [0.2, 0.25) is 0 Å². The summed E-state index contributed by atoms with van der Waals surface area (Å²) in [5.41, 5.74) is 0.0269. The van der Waals surface area contributed by atoms with Crippen LogP contribution in [0.3, 0.4) is 0 Å². The van der Waals surface area contributed by atoms with E-state index in [4.69, 9.17) is 0 Å². The molecule has 98 valence electrons. The van der Waals surface area contributed by atoms with Crippen molar-refractivity contribution in [1.82, 2.24) is 19.1 Å². The van der Waals surface area contributed by atoms with E-state index in [0.717, 1.165) is 17.5 Å². The fourth-order valence-electron chi connectivity index (χ4n) is 1.94. The van der Waals surface area contributed by atoms with Crippen molar-refractivity contribution < 1.29 is 0 Å². The number of rotatable bonds is 3. The maximum Gasteiger partial charge on any atom is 0.332 e. The first-order chi connectivity index (χ1) is 8.47. The highest BCUT2D eigenvalue weighted by atomic mass is 16.2. The van der Waals surface area contributed by atoms with Crippen molar-refractivity contribution >= 4 is 17.1 Å². The van der Waals surface area contributed by atoms with E-state index >= 15 is 0 Å². The Balaban J connectivity index is 2.72. The molecular weight excluding hydrogens is 234 g/mol. The molecule has 0 aromatic carbocycles. The van der Waals surface area contributed by atoms with Gasteiger partial charge in [0.1, 0.15) is 0 Å². The van der Waals surface area contributed by atoms with Gasteiger partial charge in [-0.3, -0.25) is 13.9 Å². The molecule has 0 fully saturated rings. The molecule has 0 saturated carbocycles. The molecule has 0 aliphatic rings. The number of anilines is 1. The molecule has 2 rings (SSSR count). The average molecular weight is 251 g/mol. The van der Waals surface area contributed by atoms with Gasteiger partial charge >= 0.3 is 5.69 Å². The summed E-state index contributed by atoms with van der Waals surface area (Å²) in [6.45, 7) is 2.89. The number of aromatic nitrogens is 4. The van der Waals surface area contributed by atoms with Gasteiger partial charge in [-0.25, -0.2) is 4.79 Å². The van der Waals surface area contributed by atoms with Gasteiger partial charge < -0.3 is 9.88 Å². The molecule has 0 radical (unpaired) electrons. The number of fused-ring (bicyclic) bond motifs is 1. The summed E-state index contributed by atoms with van der Waals surface area (Å²) >= 11 is 0. The normalized spacial score (nSPS) is 11.1. The van der Waals surface area contributed by atoms with E-state index < -0.39 is 0 Å². The van der Waals surface area contributed by atoms with Crippen LogP contribution in [-0.4, -0.2) is 32.7 Å². The van der Waals surface area contributed by atoms with Gasteiger partial charge in [0.05, 0.1) is 0 Å². The highest BCUT2D eigenvalue weighted by Crippen LogP contribution is 2.11. The Morgan fingerprint density at radius 2 is 1.94 bits per heavy atom. The van der Waals surface area contributed by atoms with E-state index in [2.05, 4.69) is 16.9 Å². The predicted molar refractivity (Wildman–Crippen MR) is 70.1 cm³/mol. The summed E-state index contributed by atoms with van der Waals surface area (Å²) in [6, 6.07) is 0. The summed E-state index contributed by atoms with van der Waals surface area (Å²) in [7, 11) is 4.96. The predicted octanol–water partition coefficient (Wildman–Crippen LogP) is -0.193. The van der Waals surface area contributed by atoms with E-state index in [1.165, 1.54) is 11.6 Å². The van der Waals surface area contributed by atoms with Gasteiger partial charge in [0.25, 0.3) is 5.56 Å². The largest absolute Gasteiger partial charge is 0.345 e. The molecule has 18 heavy (non-hydrogen) atoms. The Labute approximate surface area is 104 Å². The van der Waals surface area contributed by atoms with Crippen LogP contribution >= 0.6 is 0 Å². The summed E-state index contributed by atoms with van der Waals surface area (Å²) in [5, 5.41) is 0. The summed E-state index contributed by atoms with van der Waals surface area (Å²) < 4.78 is 2.45. The number of nitrogens with one attached hydrogen (secondary N) is 1. The van der Waals surface area contributed by atoms with Crippen molar-refractivity contribution in [1.29, 1.82) is 0 Å². The highest BCUT2D eigenvalue weighted by Gasteiger charge is 2.14. The van der Waals surface area contributed by atoms with Crippen LogP contribution in [-0.2, 0) is 14.1 Å². The van der Waals surface area contributed by atoms with Crippen LogP contribution in [0.1, 0.15) is 13.3 Å². The smallest absolute Gasteiger partial charge is 0.332 e. The second-order valence-electron chi connectivity index (χ2n) is 4.39. The lowest BCUT2D eigenvalue weighted by atomic mass is 10.4. The molecule has 0 amide bonds. The van der Waals surface area contributed by atoms with E-state index in [1.807, 2.05) is 11.9 Å². The van der Waals surface area contributed by atoms with Gasteiger partial charge in [0.15, 0.2) is 11.2 Å². The lowest BCUT2D eigenvalue weighted by Crippen LogP contribution is -2.36. The van der Waals surface area contributed by atoms with E-state index in [9.17, 15) is 9.59 Å². The molecule has 0 unspecified atom stereocenters. The fraction of sp³-hybridized carbons (Fsp3) is 0.545. The second kappa shape index (κ2) is 4.32. The number of aromatic amines is 1. The molecule has 7 heteroatoms. The standard InChI is InChI=1S/C11H17N5O2/c1-5-6-14(2)10-12-7-8(13-10)15(3)11(18)16(4)9(7)17/h5-6H2,1-4H3,(H,12,13). The third kappa shape index (κ3) is 1.71. The Morgan fingerprint density at radius 3 is 2.56 bits per heavy atom. The Morgan fingerprint density at radius 1 is 1.28 bits per heavy atom. The van der Waals surface area contributed by atoms with Gasteiger partial charge in [-0.15, -0.1) is 0 Å². The highest BCUT2D eigenvalue weighted by molar-refractivity contribution is 5.72. The number of imidazole rings is 1. The molecule has 2 aromatic rings. The van der Waals surface area contributed by atoms with Crippen molar-refractivity contribution in [2.75, 3.05) is 18.5 Å². The third-order valence-corrected chi connectivity index (χ3v) is 3.00. The summed E-state index contributed by atoms with van der Waals surface area (Å²) in [6.07, 6.45) is 0.977. The maximum absolute atomic E-state index is 12.0. The average Bonchev–Trinajstić information content (AvgIpc) is 2.79. The SMILES string of the molecule is CCCN(C)c1nc2c([nH]1)c(=O)n(C)c(=O)n2C. The van der Waals surface area contributed by atoms with Crippen molar-refractivity contribution in [2.24, 2.45) is 14.1 Å². The Kier molecular flexibility index (Phi) is 2.98. The van der Waals surface area contributed by atoms with Crippen molar-refractivity contribution in [2.45, 2.75) is 13.3 Å². The van der Waals surface area contributed by atoms with Crippen LogP contribution in [0.25, 0.3) is 11.2 Å². The summed E-state index contributed by atoms with van der Waals surface area (Å²) in [4.78, 5) is 32.9. The lowest BCUT2D eigenvalue weighted by Gasteiger charge is -2.13. The summed E-state index contributed by atoms with van der Waals surface area (Å²) in [5.74, 6) is 0.602. The van der Waals surface area contributed by atoms with Crippen LogP contribution in [0.4, 0.5) is 5.95 Å². The fourth-order valence-corrected chi connectivity index (χ4v) is 1.94. The minimum Gasteiger partial charge on any atom is -0.345 e. The first-order valence-corrected chi connectivity index (χ1v) is 5.84. The molecule has 1 N–H and O–H groups in total. The molecule has 2 heterocycles. The Bertz CT molecular complexity index is 694. The molecule has 0 spiro atoms. The van der Waals surface area contributed by atoms with Gasteiger partial charge in [-0.2, -0.15) is 4.98 Å². The minimum absolute atomic E-state index is 0.350. The number of hydrogen-bond donors (Lipinski definition) is 1. The molecule has 0 aliphatic carbocycles. The second-order valence-corrected chi connectivity index (χ2v) is 4.39. The molecule has 2 aromatic heterocycles. The number of H-pyrrole nitrogens is 1. The monoisotopic (exact) mass is 251 g/mol. The molecule has 0 bridgehead atoms. The minimum atomic E-state index is -0.372. The van der Waals surface area contributed by atoms with Gasteiger partial charge in [0.2, 0.25) is 5.95 Å². The molecule has 0 aliphatic heterocycles. The zero-order valence-electron chi connectivity index (χ0n) is 11.0. The molecule has 0 saturated heterocycles.